The predicted octanol–water partition coefficient (Wildman–Crippen LogP) is 2.96. The van der Waals surface area contributed by atoms with Crippen molar-refractivity contribution in [1.82, 2.24) is 0 Å². The van der Waals surface area contributed by atoms with Gasteiger partial charge >= 0.3 is 5.97 Å². The Morgan fingerprint density at radius 1 is 0.667 bits per heavy atom. The van der Waals surface area contributed by atoms with Crippen molar-refractivity contribution in [3.63, 3.8) is 0 Å². The Labute approximate surface area is 129 Å². The zero-order valence-corrected chi connectivity index (χ0v) is 13.7. The Balaban J connectivity index is 3.06. The van der Waals surface area contributed by atoms with E-state index in [0.717, 1.165) is 38.7 Å². The molecule has 0 heterocycles. The molecule has 0 aliphatic heterocycles. The van der Waals surface area contributed by atoms with Crippen molar-refractivity contribution in [3.05, 3.63) is 0 Å². The zero-order valence-electron chi connectivity index (χ0n) is 13.7. The van der Waals surface area contributed by atoms with Gasteiger partial charge in [0, 0.05) is 13.0 Å². The van der Waals surface area contributed by atoms with Crippen LogP contribution in [0.4, 0.5) is 0 Å². The first kappa shape index (κ1) is 20.3. The number of carbonyl (C=O) groups is 1. The van der Waals surface area contributed by atoms with Gasteiger partial charge in [-0.25, -0.2) is 0 Å². The quantitative estimate of drug-likeness (QED) is 0.324. The molecule has 0 saturated carbocycles. The average molecular weight is 304 g/mol. The first-order valence-corrected chi connectivity index (χ1v) is 8.20. The molecule has 21 heavy (non-hydrogen) atoms. The minimum absolute atomic E-state index is 0.132. The smallest absolute Gasteiger partial charge is 0.305 e. The van der Waals surface area contributed by atoms with E-state index >= 15 is 0 Å². The Bertz CT molecular complexity index is 221. The first-order valence-electron chi connectivity index (χ1n) is 8.20. The third-order valence-corrected chi connectivity index (χ3v) is 2.86. The Kier molecular flexibility index (Phi) is 16.9. The molecule has 5 nitrogen and oxygen atoms in total. The van der Waals surface area contributed by atoms with Gasteiger partial charge in [0.25, 0.3) is 0 Å². The van der Waals surface area contributed by atoms with Crippen molar-refractivity contribution in [2.24, 2.45) is 0 Å². The average Bonchev–Trinajstić information content (AvgIpc) is 2.48. The fourth-order valence-electron chi connectivity index (χ4n) is 1.59. The van der Waals surface area contributed by atoms with Crippen molar-refractivity contribution >= 4 is 5.97 Å². The van der Waals surface area contributed by atoms with E-state index in [1.54, 1.807) is 0 Å². The van der Waals surface area contributed by atoms with Crippen LogP contribution in [-0.4, -0.2) is 52.2 Å². The van der Waals surface area contributed by atoms with E-state index in [4.69, 9.17) is 18.9 Å². The van der Waals surface area contributed by atoms with Gasteiger partial charge in [-0.15, -0.1) is 0 Å². The maximum atomic E-state index is 11.3. The number of ether oxygens (including phenoxy) is 4. The molecule has 0 aromatic heterocycles. The Hall–Kier alpha value is -0.650. The minimum atomic E-state index is -0.132. The predicted molar refractivity (Wildman–Crippen MR) is 82.5 cm³/mol. The number of unbranched alkanes of at least 4 members (excludes halogenated alkanes) is 3. The molecule has 0 aliphatic rings. The molecule has 0 amide bonds. The summed E-state index contributed by atoms with van der Waals surface area (Å²) in [7, 11) is 0. The second-order valence-electron chi connectivity index (χ2n) is 4.87. The van der Waals surface area contributed by atoms with Gasteiger partial charge in [-0.2, -0.15) is 0 Å². The van der Waals surface area contributed by atoms with Crippen LogP contribution < -0.4 is 0 Å². The van der Waals surface area contributed by atoms with Crippen LogP contribution in [0.1, 0.15) is 52.4 Å². The summed E-state index contributed by atoms with van der Waals surface area (Å²) in [5.41, 5.74) is 0. The van der Waals surface area contributed by atoms with Crippen LogP contribution in [0.5, 0.6) is 0 Å². The molecule has 0 aromatic rings. The van der Waals surface area contributed by atoms with Crippen molar-refractivity contribution < 1.29 is 23.7 Å². The highest BCUT2D eigenvalue weighted by atomic mass is 16.6. The second kappa shape index (κ2) is 17.4. The summed E-state index contributed by atoms with van der Waals surface area (Å²) in [4.78, 5) is 11.3. The molecule has 0 atom stereocenters. The topological polar surface area (TPSA) is 54.0 Å². The minimum Gasteiger partial charge on any atom is -0.463 e. The summed E-state index contributed by atoms with van der Waals surface area (Å²) < 4.78 is 21.1. The molecule has 5 heteroatoms. The van der Waals surface area contributed by atoms with E-state index in [1.807, 2.05) is 0 Å². The maximum Gasteiger partial charge on any atom is 0.305 e. The van der Waals surface area contributed by atoms with E-state index < -0.39 is 0 Å². The molecule has 0 aliphatic carbocycles. The van der Waals surface area contributed by atoms with Crippen LogP contribution in [-0.2, 0) is 23.7 Å². The first-order chi connectivity index (χ1) is 10.3. The normalized spacial score (nSPS) is 10.8. The fourth-order valence-corrected chi connectivity index (χ4v) is 1.59. The van der Waals surface area contributed by atoms with Crippen LogP contribution in [0.3, 0.4) is 0 Å². The number of carbonyl (C=O) groups excluding carboxylic acids is 1. The summed E-state index contributed by atoms with van der Waals surface area (Å²) >= 11 is 0. The SMILES string of the molecule is CCCCCC(=O)OCCOCCOCCOCCCC. The van der Waals surface area contributed by atoms with Crippen LogP contribution in [0.2, 0.25) is 0 Å². The highest BCUT2D eigenvalue weighted by Gasteiger charge is 2.01. The van der Waals surface area contributed by atoms with Gasteiger partial charge in [0.2, 0.25) is 0 Å². The van der Waals surface area contributed by atoms with Crippen LogP contribution >= 0.6 is 0 Å². The molecule has 0 aromatic carbocycles. The van der Waals surface area contributed by atoms with Crippen LogP contribution in [0.25, 0.3) is 0 Å². The molecule has 0 fully saturated rings. The maximum absolute atomic E-state index is 11.3. The highest BCUT2D eigenvalue weighted by Crippen LogP contribution is 2.00. The summed E-state index contributed by atoms with van der Waals surface area (Å²) in [6, 6.07) is 0. The standard InChI is InChI=1S/C16H32O5/c1-3-5-7-8-16(17)21-15-14-20-13-12-19-11-10-18-9-6-4-2/h3-15H2,1-2H3. The van der Waals surface area contributed by atoms with Crippen molar-refractivity contribution in [3.8, 4) is 0 Å². The van der Waals surface area contributed by atoms with Gasteiger partial charge in [0.1, 0.15) is 6.61 Å². The van der Waals surface area contributed by atoms with Gasteiger partial charge in [-0.05, 0) is 12.8 Å². The molecule has 0 rings (SSSR count). The molecule has 0 unspecified atom stereocenters. The lowest BCUT2D eigenvalue weighted by molar-refractivity contribution is -0.145. The molecule has 126 valence electrons. The number of hydrogen-bond donors (Lipinski definition) is 0. The largest absolute Gasteiger partial charge is 0.463 e. The summed E-state index contributed by atoms with van der Waals surface area (Å²) in [6.07, 6.45) is 5.85. The summed E-state index contributed by atoms with van der Waals surface area (Å²) in [6.45, 7) is 8.10. The lowest BCUT2D eigenvalue weighted by Crippen LogP contribution is -2.14. The monoisotopic (exact) mass is 304 g/mol. The highest BCUT2D eigenvalue weighted by molar-refractivity contribution is 5.69. The fraction of sp³-hybridized carbons (Fsp3) is 0.938. The van der Waals surface area contributed by atoms with Gasteiger partial charge < -0.3 is 18.9 Å². The van der Waals surface area contributed by atoms with Crippen molar-refractivity contribution in [2.45, 2.75) is 52.4 Å². The third kappa shape index (κ3) is 17.3. The van der Waals surface area contributed by atoms with E-state index in [-0.39, 0.29) is 5.97 Å². The Morgan fingerprint density at radius 3 is 1.76 bits per heavy atom. The number of hydrogen-bond acceptors (Lipinski definition) is 5. The molecule has 0 spiro atoms. The molecule has 0 radical (unpaired) electrons. The summed E-state index contributed by atoms with van der Waals surface area (Å²) in [5.74, 6) is -0.132. The molecular weight excluding hydrogens is 272 g/mol. The van der Waals surface area contributed by atoms with Gasteiger partial charge in [-0.3, -0.25) is 4.79 Å². The van der Waals surface area contributed by atoms with Crippen molar-refractivity contribution in [1.29, 1.82) is 0 Å². The van der Waals surface area contributed by atoms with E-state index in [9.17, 15) is 4.79 Å². The van der Waals surface area contributed by atoms with E-state index in [2.05, 4.69) is 13.8 Å². The van der Waals surface area contributed by atoms with Gasteiger partial charge in [0.15, 0.2) is 0 Å². The third-order valence-electron chi connectivity index (χ3n) is 2.86. The van der Waals surface area contributed by atoms with E-state index in [1.165, 1.54) is 0 Å². The molecular formula is C16H32O5. The number of esters is 1. The van der Waals surface area contributed by atoms with Crippen LogP contribution in [0, 0.1) is 0 Å². The van der Waals surface area contributed by atoms with Gasteiger partial charge in [-0.1, -0.05) is 33.1 Å². The molecule has 0 bridgehead atoms. The van der Waals surface area contributed by atoms with Crippen LogP contribution in [0.15, 0.2) is 0 Å². The summed E-state index contributed by atoms with van der Waals surface area (Å²) in [5, 5.41) is 0. The molecule has 0 N–H and O–H groups in total. The zero-order chi connectivity index (χ0) is 15.6. The van der Waals surface area contributed by atoms with Crippen molar-refractivity contribution in [2.75, 3.05) is 46.2 Å². The second-order valence-corrected chi connectivity index (χ2v) is 4.87. The van der Waals surface area contributed by atoms with E-state index in [0.29, 0.717) is 46.1 Å². The number of rotatable bonds is 16. The lowest BCUT2D eigenvalue weighted by Gasteiger charge is -2.07. The Morgan fingerprint density at radius 2 is 1.19 bits per heavy atom. The molecule has 0 saturated heterocycles. The lowest BCUT2D eigenvalue weighted by atomic mass is 10.2. The van der Waals surface area contributed by atoms with Gasteiger partial charge in [0.05, 0.1) is 33.0 Å².